The Kier molecular flexibility index (Phi) is 7.28. The Labute approximate surface area is 197 Å². The van der Waals surface area contributed by atoms with Gasteiger partial charge in [0.1, 0.15) is 6.04 Å². The molecule has 3 unspecified atom stereocenters. The second kappa shape index (κ2) is 10.5. The molecular formula is C26H38N4O3. The van der Waals surface area contributed by atoms with Crippen molar-refractivity contribution in [3.05, 3.63) is 35.9 Å². The molecule has 4 aliphatic rings. The van der Waals surface area contributed by atoms with Crippen LogP contribution in [0.3, 0.4) is 0 Å². The molecule has 0 aromatic heterocycles. The molecule has 3 heterocycles. The van der Waals surface area contributed by atoms with Gasteiger partial charge in [0.15, 0.2) is 0 Å². The summed E-state index contributed by atoms with van der Waals surface area (Å²) in [5, 5.41) is 3.38. The van der Waals surface area contributed by atoms with Crippen LogP contribution in [0.2, 0.25) is 0 Å². The summed E-state index contributed by atoms with van der Waals surface area (Å²) in [6, 6.07) is 10.4. The Morgan fingerprint density at radius 2 is 1.88 bits per heavy atom. The van der Waals surface area contributed by atoms with Crippen molar-refractivity contribution in [2.75, 3.05) is 45.9 Å². The first-order chi connectivity index (χ1) is 16.2. The van der Waals surface area contributed by atoms with Crippen molar-refractivity contribution in [3.63, 3.8) is 0 Å². The van der Waals surface area contributed by atoms with E-state index in [1.807, 2.05) is 15.9 Å². The average molecular weight is 455 g/mol. The quantitative estimate of drug-likeness (QED) is 0.682. The van der Waals surface area contributed by atoms with Crippen molar-refractivity contribution in [1.29, 1.82) is 0 Å². The molecule has 180 valence electrons. The van der Waals surface area contributed by atoms with Crippen molar-refractivity contribution in [2.45, 2.75) is 63.3 Å². The predicted molar refractivity (Wildman–Crippen MR) is 127 cm³/mol. The number of carbonyl (C=O) groups excluding carboxylic acids is 2. The lowest BCUT2D eigenvalue weighted by molar-refractivity contribution is -0.144. The fourth-order valence-corrected chi connectivity index (χ4v) is 5.61. The lowest BCUT2D eigenvalue weighted by atomic mass is 10.1. The van der Waals surface area contributed by atoms with Crippen LogP contribution in [-0.4, -0.2) is 90.6 Å². The van der Waals surface area contributed by atoms with E-state index in [0.29, 0.717) is 6.54 Å². The second-order valence-electron chi connectivity index (χ2n) is 10.1. The molecule has 3 aliphatic heterocycles. The zero-order valence-corrected chi connectivity index (χ0v) is 19.7. The minimum atomic E-state index is -0.330. The molecule has 1 saturated carbocycles. The normalized spacial score (nSPS) is 28.3. The van der Waals surface area contributed by atoms with E-state index in [9.17, 15) is 9.59 Å². The first-order valence-electron chi connectivity index (χ1n) is 12.9. The van der Waals surface area contributed by atoms with E-state index in [4.69, 9.17) is 4.74 Å². The van der Waals surface area contributed by atoms with Gasteiger partial charge >= 0.3 is 0 Å². The molecule has 4 fully saturated rings. The zero-order valence-electron chi connectivity index (χ0n) is 19.7. The lowest BCUT2D eigenvalue weighted by Gasteiger charge is -2.31. The summed E-state index contributed by atoms with van der Waals surface area (Å²) in [6.45, 7) is 6.47. The number of likely N-dealkylation sites (tertiary alicyclic amines) is 1. The number of hydrogen-bond donors (Lipinski definition) is 1. The van der Waals surface area contributed by atoms with Crippen LogP contribution in [0.25, 0.3) is 0 Å². The number of rotatable bonds is 7. The summed E-state index contributed by atoms with van der Waals surface area (Å²) in [5.74, 6) is 0.471. The fourth-order valence-electron chi connectivity index (χ4n) is 5.61. The monoisotopic (exact) mass is 454 g/mol. The van der Waals surface area contributed by atoms with Gasteiger partial charge in [-0.25, -0.2) is 0 Å². The van der Waals surface area contributed by atoms with Crippen LogP contribution in [-0.2, 0) is 20.9 Å². The Morgan fingerprint density at radius 1 is 1.03 bits per heavy atom. The van der Waals surface area contributed by atoms with Crippen LogP contribution in [0.15, 0.2) is 30.3 Å². The Bertz CT molecular complexity index is 801. The Morgan fingerprint density at radius 3 is 2.64 bits per heavy atom. The molecule has 33 heavy (non-hydrogen) atoms. The molecule has 1 aromatic rings. The third kappa shape index (κ3) is 5.58. The summed E-state index contributed by atoms with van der Waals surface area (Å²) in [5.41, 5.74) is 1.27. The van der Waals surface area contributed by atoms with Crippen molar-refractivity contribution in [1.82, 2.24) is 20.0 Å². The molecule has 1 aliphatic carbocycles. The highest BCUT2D eigenvalue weighted by atomic mass is 16.5. The fraction of sp³-hybridized carbons (Fsp3) is 0.692. The number of amides is 2. The molecule has 7 nitrogen and oxygen atoms in total. The van der Waals surface area contributed by atoms with Gasteiger partial charge in [0.05, 0.1) is 6.10 Å². The van der Waals surface area contributed by atoms with Gasteiger partial charge in [-0.1, -0.05) is 30.3 Å². The predicted octanol–water partition coefficient (Wildman–Crippen LogP) is 1.87. The van der Waals surface area contributed by atoms with E-state index < -0.39 is 0 Å². The number of nitrogens with one attached hydrogen (secondary N) is 1. The summed E-state index contributed by atoms with van der Waals surface area (Å²) in [4.78, 5) is 33.3. The van der Waals surface area contributed by atoms with E-state index in [1.54, 1.807) is 0 Å². The van der Waals surface area contributed by atoms with Gasteiger partial charge in [-0.05, 0) is 50.6 Å². The smallest absolute Gasteiger partial charge is 0.245 e. The third-order valence-corrected chi connectivity index (χ3v) is 7.63. The summed E-state index contributed by atoms with van der Waals surface area (Å²) in [6.07, 6.45) is 6.08. The van der Waals surface area contributed by atoms with Gasteiger partial charge in [0.2, 0.25) is 11.8 Å². The number of ether oxygens (including phenoxy) is 1. The van der Waals surface area contributed by atoms with Crippen molar-refractivity contribution in [3.8, 4) is 0 Å². The van der Waals surface area contributed by atoms with Crippen LogP contribution in [0, 0.1) is 5.92 Å². The van der Waals surface area contributed by atoms with Gasteiger partial charge in [-0.15, -0.1) is 0 Å². The number of nitrogens with zero attached hydrogens (tertiary/aromatic N) is 3. The minimum absolute atomic E-state index is 0.130. The van der Waals surface area contributed by atoms with Crippen LogP contribution in [0.1, 0.15) is 44.1 Å². The molecule has 7 heteroatoms. The van der Waals surface area contributed by atoms with E-state index in [-0.39, 0.29) is 35.9 Å². The first kappa shape index (κ1) is 22.8. The second-order valence-corrected chi connectivity index (χ2v) is 10.1. The number of benzene rings is 1. The standard InChI is InChI=1S/C26H38N4O3/c31-25(21-9-10-21)30-18-22(16-24(30)26(32)28-13-5-11-27-12-14-28)29(19-23-8-4-15-33-23)17-20-6-2-1-3-7-20/h1-3,6-7,21-24,27H,4-5,8-19H2. The van der Waals surface area contributed by atoms with Gasteiger partial charge in [-0.2, -0.15) is 0 Å². The Balaban J connectivity index is 1.35. The molecule has 1 aromatic carbocycles. The maximum absolute atomic E-state index is 13.6. The molecule has 5 rings (SSSR count). The third-order valence-electron chi connectivity index (χ3n) is 7.63. The van der Waals surface area contributed by atoms with E-state index in [0.717, 1.165) is 84.4 Å². The van der Waals surface area contributed by atoms with E-state index >= 15 is 0 Å². The average Bonchev–Trinajstić information content (AvgIpc) is 3.49. The van der Waals surface area contributed by atoms with Crippen LogP contribution >= 0.6 is 0 Å². The van der Waals surface area contributed by atoms with E-state index in [1.165, 1.54) is 5.56 Å². The topological polar surface area (TPSA) is 65.1 Å². The van der Waals surface area contributed by atoms with Gasteiger partial charge in [0, 0.05) is 57.8 Å². The number of hydrogen-bond acceptors (Lipinski definition) is 5. The van der Waals surface area contributed by atoms with Crippen LogP contribution in [0.4, 0.5) is 0 Å². The van der Waals surface area contributed by atoms with Crippen molar-refractivity contribution < 1.29 is 14.3 Å². The molecule has 0 radical (unpaired) electrons. The van der Waals surface area contributed by atoms with Crippen molar-refractivity contribution in [2.24, 2.45) is 5.92 Å². The summed E-state index contributed by atoms with van der Waals surface area (Å²) in [7, 11) is 0. The highest BCUT2D eigenvalue weighted by molar-refractivity contribution is 5.90. The summed E-state index contributed by atoms with van der Waals surface area (Å²) >= 11 is 0. The van der Waals surface area contributed by atoms with Gasteiger partial charge < -0.3 is 19.9 Å². The molecule has 0 spiro atoms. The zero-order chi connectivity index (χ0) is 22.6. The maximum Gasteiger partial charge on any atom is 0.245 e. The maximum atomic E-state index is 13.6. The van der Waals surface area contributed by atoms with Gasteiger partial charge in [-0.3, -0.25) is 14.5 Å². The Hall–Kier alpha value is -1.96. The lowest BCUT2D eigenvalue weighted by Crippen LogP contribution is -2.49. The minimum Gasteiger partial charge on any atom is -0.377 e. The highest BCUT2D eigenvalue weighted by Gasteiger charge is 2.47. The first-order valence-corrected chi connectivity index (χ1v) is 12.9. The number of carbonyl (C=O) groups is 2. The largest absolute Gasteiger partial charge is 0.377 e. The summed E-state index contributed by atoms with van der Waals surface area (Å²) < 4.78 is 5.98. The molecule has 1 N–H and O–H groups in total. The molecular weight excluding hydrogens is 416 g/mol. The van der Waals surface area contributed by atoms with Crippen LogP contribution < -0.4 is 5.32 Å². The SMILES string of the molecule is O=C(C1CC(N(Cc2ccccc2)CC2CCCO2)CN1C(=O)C1CC1)N1CCCNCC1. The highest BCUT2D eigenvalue weighted by Crippen LogP contribution is 2.35. The van der Waals surface area contributed by atoms with E-state index in [2.05, 4.69) is 34.5 Å². The van der Waals surface area contributed by atoms with Crippen LogP contribution in [0.5, 0.6) is 0 Å². The van der Waals surface area contributed by atoms with Gasteiger partial charge in [0.25, 0.3) is 0 Å². The molecule has 3 atom stereocenters. The molecule has 0 bridgehead atoms. The molecule has 3 saturated heterocycles. The van der Waals surface area contributed by atoms with Crippen molar-refractivity contribution >= 4 is 11.8 Å². The molecule has 2 amide bonds.